The molecule has 0 heterocycles. The number of rotatable bonds is 1. The van der Waals surface area contributed by atoms with Crippen molar-refractivity contribution in [2.75, 3.05) is 14.1 Å². The average molecular weight is 236 g/mol. The summed E-state index contributed by atoms with van der Waals surface area (Å²) in [6, 6.07) is 0. The first-order valence-electron chi connectivity index (χ1n) is 4.38. The van der Waals surface area contributed by atoms with Crippen LogP contribution in [0.5, 0.6) is 0 Å². The third-order valence-electron chi connectivity index (χ3n) is 1.61. The summed E-state index contributed by atoms with van der Waals surface area (Å²) in [7, 11) is -2.03. The van der Waals surface area contributed by atoms with Gasteiger partial charge >= 0.3 is 7.25 Å². The molecule has 0 saturated heterocycles. The van der Waals surface area contributed by atoms with E-state index >= 15 is 0 Å². The molecule has 1 aliphatic rings. The zero-order valence-corrected chi connectivity index (χ0v) is 8.87. The molecule has 0 N–H and O–H groups in total. The van der Waals surface area contributed by atoms with Crippen LogP contribution < -0.4 is 0 Å². The Morgan fingerprint density at radius 3 is 2.00 bits per heavy atom. The van der Waals surface area contributed by atoms with E-state index in [4.69, 9.17) is 5.53 Å². The Morgan fingerprint density at radius 2 is 1.75 bits per heavy atom. The van der Waals surface area contributed by atoms with Gasteiger partial charge in [0.1, 0.15) is 0 Å². The van der Waals surface area contributed by atoms with Crippen LogP contribution in [0, 0.1) is 0 Å². The maximum Gasteiger partial charge on any atom is 0.673 e. The molecule has 0 radical (unpaired) electrons. The molecular weight excluding hydrogens is 225 g/mol. The highest BCUT2D eigenvalue weighted by atomic mass is 19.5. The Balaban J connectivity index is 0.000000385. The van der Waals surface area contributed by atoms with E-state index in [0.717, 1.165) is 5.70 Å². The molecule has 0 fully saturated rings. The van der Waals surface area contributed by atoms with Gasteiger partial charge in [-0.05, 0) is 12.2 Å². The SMILES string of the molecule is CN(C)C1=CCC(=[N+]=[N-])C=C1.F[B-](F)(F)F. The second-order valence-corrected chi connectivity index (χ2v) is 3.15. The highest BCUT2D eigenvalue weighted by Gasteiger charge is 2.20. The van der Waals surface area contributed by atoms with Crippen molar-refractivity contribution in [3.63, 3.8) is 0 Å². The second-order valence-electron chi connectivity index (χ2n) is 3.15. The van der Waals surface area contributed by atoms with E-state index in [1.807, 2.05) is 37.2 Å². The first kappa shape index (κ1) is 14.4. The maximum atomic E-state index is 9.75. The molecule has 3 nitrogen and oxygen atoms in total. The van der Waals surface area contributed by atoms with E-state index in [-0.39, 0.29) is 0 Å². The minimum Gasteiger partial charge on any atom is -0.418 e. The monoisotopic (exact) mass is 236 g/mol. The third kappa shape index (κ3) is 7.81. The average Bonchev–Trinajstić information content (AvgIpc) is 2.15. The first-order valence-corrected chi connectivity index (χ1v) is 4.38. The molecule has 16 heavy (non-hydrogen) atoms. The zero-order chi connectivity index (χ0) is 12.8. The van der Waals surface area contributed by atoms with E-state index in [0.29, 0.717) is 12.1 Å². The molecule has 1 rings (SSSR count). The van der Waals surface area contributed by atoms with Crippen LogP contribution in [0.25, 0.3) is 5.53 Å². The molecule has 0 aromatic carbocycles. The largest absolute Gasteiger partial charge is 0.673 e. The molecule has 8 heteroatoms. The fraction of sp³-hybridized carbons (Fsp3) is 0.375. The minimum atomic E-state index is -6.00. The molecule has 0 aliphatic heterocycles. The van der Waals surface area contributed by atoms with E-state index in [2.05, 4.69) is 4.79 Å². The van der Waals surface area contributed by atoms with Crippen LogP contribution in [-0.2, 0) is 0 Å². The summed E-state index contributed by atoms with van der Waals surface area (Å²) in [5, 5.41) is 0. The van der Waals surface area contributed by atoms with Gasteiger partial charge in [-0.15, -0.1) is 0 Å². The number of halogens is 4. The van der Waals surface area contributed by atoms with Gasteiger partial charge in [0.15, 0.2) is 0 Å². The third-order valence-corrected chi connectivity index (χ3v) is 1.61. The van der Waals surface area contributed by atoms with Crippen LogP contribution in [0.2, 0.25) is 0 Å². The van der Waals surface area contributed by atoms with Crippen LogP contribution in [0.4, 0.5) is 17.3 Å². The number of allylic oxidation sites excluding steroid dienone is 3. The lowest BCUT2D eigenvalue weighted by Crippen LogP contribution is -2.12. The number of likely N-dealkylation sites (N-methyl/N-ethyl adjacent to an activating group) is 1. The fourth-order valence-corrected chi connectivity index (χ4v) is 0.933. The van der Waals surface area contributed by atoms with Crippen molar-refractivity contribution in [2.45, 2.75) is 6.42 Å². The topological polar surface area (TPSA) is 39.6 Å². The number of nitrogens with zero attached hydrogens (tertiary/aromatic N) is 3. The van der Waals surface area contributed by atoms with Gasteiger partial charge in [-0.3, -0.25) is 0 Å². The number of hydrogen-bond donors (Lipinski definition) is 0. The highest BCUT2D eigenvalue weighted by Crippen LogP contribution is 2.08. The van der Waals surface area contributed by atoms with Gasteiger partial charge < -0.3 is 27.7 Å². The quantitative estimate of drug-likeness (QED) is 0.298. The van der Waals surface area contributed by atoms with Crippen molar-refractivity contribution in [3.05, 3.63) is 29.5 Å². The molecule has 90 valence electrons. The number of hydrogen-bond acceptors (Lipinski definition) is 1. The summed E-state index contributed by atoms with van der Waals surface area (Å²) in [5.74, 6) is 0. The zero-order valence-electron chi connectivity index (χ0n) is 8.87. The molecule has 0 amide bonds. The molecule has 0 spiro atoms. The van der Waals surface area contributed by atoms with E-state index in [1.54, 1.807) is 0 Å². The van der Waals surface area contributed by atoms with Crippen LogP contribution in [-0.4, -0.2) is 36.8 Å². The Bertz CT molecular complexity index is 334. The smallest absolute Gasteiger partial charge is 0.418 e. The van der Waals surface area contributed by atoms with Gasteiger partial charge in [0.25, 0.3) is 5.71 Å². The molecule has 0 saturated carbocycles. The standard InChI is InChI=1S/C8H11N3.BF4/c1-11(2)8-5-3-7(10-9)4-6-8;2-1(3,4)5/h3,5-6H,4H2,1-2H3;/q;-1. The lowest BCUT2D eigenvalue weighted by Gasteiger charge is -2.14. The first-order chi connectivity index (χ1) is 7.24. The van der Waals surface area contributed by atoms with Crippen molar-refractivity contribution >= 4 is 13.0 Å². The summed E-state index contributed by atoms with van der Waals surface area (Å²) >= 11 is 0. The van der Waals surface area contributed by atoms with Gasteiger partial charge in [-0.25, -0.2) is 0 Å². The Morgan fingerprint density at radius 1 is 1.25 bits per heavy atom. The molecule has 0 unspecified atom stereocenters. The van der Waals surface area contributed by atoms with Gasteiger partial charge in [0.05, 0.1) is 6.42 Å². The molecule has 0 atom stereocenters. The van der Waals surface area contributed by atoms with Crippen molar-refractivity contribution in [1.82, 2.24) is 4.90 Å². The van der Waals surface area contributed by atoms with Crippen LogP contribution in [0.1, 0.15) is 6.42 Å². The molecule has 0 bridgehead atoms. The fourth-order valence-electron chi connectivity index (χ4n) is 0.933. The Labute approximate surface area is 90.8 Å². The van der Waals surface area contributed by atoms with Crippen molar-refractivity contribution in [2.24, 2.45) is 0 Å². The Kier molecular flexibility index (Phi) is 5.53. The predicted molar refractivity (Wildman–Crippen MR) is 54.3 cm³/mol. The predicted octanol–water partition coefficient (Wildman–Crippen LogP) is 2.36. The maximum absolute atomic E-state index is 9.75. The van der Waals surface area contributed by atoms with Crippen LogP contribution >= 0.6 is 0 Å². The lowest BCUT2D eigenvalue weighted by molar-refractivity contribution is -0.00545. The van der Waals surface area contributed by atoms with E-state index < -0.39 is 7.25 Å². The summed E-state index contributed by atoms with van der Waals surface area (Å²) in [6.45, 7) is 0. The van der Waals surface area contributed by atoms with Crippen molar-refractivity contribution < 1.29 is 22.1 Å². The van der Waals surface area contributed by atoms with Gasteiger partial charge in [-0.1, -0.05) is 0 Å². The van der Waals surface area contributed by atoms with Gasteiger partial charge in [-0.2, -0.15) is 4.79 Å². The van der Waals surface area contributed by atoms with Crippen molar-refractivity contribution in [3.8, 4) is 0 Å². The van der Waals surface area contributed by atoms with Crippen LogP contribution in [0.15, 0.2) is 23.9 Å². The van der Waals surface area contributed by atoms with E-state index in [1.165, 1.54) is 0 Å². The molecule has 0 aromatic rings. The molecule has 0 aromatic heterocycles. The minimum absolute atomic E-state index is 0.704. The Hall–Kier alpha value is -1.56. The summed E-state index contributed by atoms with van der Waals surface area (Å²) < 4.78 is 39.0. The molecular formula is C8H11BF4N3-. The van der Waals surface area contributed by atoms with Gasteiger partial charge in [0.2, 0.25) is 0 Å². The van der Waals surface area contributed by atoms with Crippen molar-refractivity contribution in [1.29, 1.82) is 0 Å². The second kappa shape index (κ2) is 6.12. The van der Waals surface area contributed by atoms with E-state index in [9.17, 15) is 17.3 Å². The van der Waals surface area contributed by atoms with Gasteiger partial charge in [0, 0.05) is 25.9 Å². The summed E-state index contributed by atoms with van der Waals surface area (Å²) in [4.78, 5) is 5.13. The molecule has 1 aliphatic carbocycles. The summed E-state index contributed by atoms with van der Waals surface area (Å²) in [6.07, 6.45) is 6.48. The summed E-state index contributed by atoms with van der Waals surface area (Å²) in [5.41, 5.74) is 10.3. The lowest BCUT2D eigenvalue weighted by atomic mass is 10.1. The highest BCUT2D eigenvalue weighted by molar-refractivity contribution is 6.50. The normalized spacial score (nSPS) is 14.6. The van der Waals surface area contributed by atoms with Crippen LogP contribution in [0.3, 0.4) is 0 Å².